The van der Waals surface area contributed by atoms with E-state index in [1.54, 1.807) is 30.3 Å². The number of allylic oxidation sites excluding steroid dienone is 2. The Morgan fingerprint density at radius 2 is 1.58 bits per heavy atom. The van der Waals surface area contributed by atoms with Crippen LogP contribution in [0.2, 0.25) is 0 Å². The fourth-order valence-electron chi connectivity index (χ4n) is 4.69. The lowest BCUT2D eigenvalue weighted by Crippen LogP contribution is -2.12. The molecule has 33 heavy (non-hydrogen) atoms. The molecule has 0 N–H and O–H groups in total. The first-order valence-electron chi connectivity index (χ1n) is 11.3. The van der Waals surface area contributed by atoms with Gasteiger partial charge >= 0.3 is 0 Å². The SMILES string of the molecule is Cc1c(C2=CCCCC2)c2ccccn2c1/C(=N\S(=O)(=O)c1ccccc1)c1ccccc1. The molecule has 0 spiro atoms. The smallest absolute Gasteiger partial charge is 0.282 e. The van der Waals surface area contributed by atoms with Gasteiger partial charge in [-0.2, -0.15) is 12.8 Å². The lowest BCUT2D eigenvalue weighted by molar-refractivity contribution is 0.598. The molecule has 2 heterocycles. The van der Waals surface area contributed by atoms with Crippen molar-refractivity contribution in [2.24, 2.45) is 4.40 Å². The van der Waals surface area contributed by atoms with Crippen LogP contribution in [0.4, 0.5) is 0 Å². The summed E-state index contributed by atoms with van der Waals surface area (Å²) in [6.45, 7) is 2.08. The van der Waals surface area contributed by atoms with E-state index in [-0.39, 0.29) is 4.90 Å². The molecule has 5 heteroatoms. The van der Waals surface area contributed by atoms with Gasteiger partial charge < -0.3 is 4.40 Å². The van der Waals surface area contributed by atoms with Crippen molar-refractivity contribution in [2.75, 3.05) is 0 Å². The van der Waals surface area contributed by atoms with E-state index in [0.717, 1.165) is 35.2 Å². The summed E-state index contributed by atoms with van der Waals surface area (Å²) in [6.07, 6.45) is 8.84. The highest BCUT2D eigenvalue weighted by Gasteiger charge is 2.25. The molecule has 0 bridgehead atoms. The van der Waals surface area contributed by atoms with Crippen molar-refractivity contribution in [3.05, 3.63) is 114 Å². The van der Waals surface area contributed by atoms with Crippen molar-refractivity contribution in [1.82, 2.24) is 4.40 Å². The van der Waals surface area contributed by atoms with Gasteiger partial charge in [-0.05, 0) is 68.0 Å². The lowest BCUT2D eigenvalue weighted by atomic mass is 9.91. The molecule has 1 aliphatic rings. The van der Waals surface area contributed by atoms with Gasteiger partial charge in [0.25, 0.3) is 10.0 Å². The van der Waals surface area contributed by atoms with Crippen LogP contribution in [0.3, 0.4) is 0 Å². The van der Waals surface area contributed by atoms with Crippen LogP contribution in [0.25, 0.3) is 11.1 Å². The monoisotopic (exact) mass is 454 g/mol. The molecule has 0 atom stereocenters. The Morgan fingerprint density at radius 3 is 2.27 bits per heavy atom. The Balaban J connectivity index is 1.81. The summed E-state index contributed by atoms with van der Waals surface area (Å²) in [6, 6.07) is 24.1. The highest BCUT2D eigenvalue weighted by molar-refractivity contribution is 7.90. The number of fused-ring (bicyclic) bond motifs is 1. The van der Waals surface area contributed by atoms with E-state index < -0.39 is 10.0 Å². The predicted octanol–water partition coefficient (Wildman–Crippen LogP) is 6.43. The van der Waals surface area contributed by atoms with E-state index in [0.29, 0.717) is 5.71 Å². The summed E-state index contributed by atoms with van der Waals surface area (Å²) in [4.78, 5) is 0.187. The number of rotatable bonds is 5. The molecule has 0 amide bonds. The minimum Gasteiger partial charge on any atom is -0.314 e. The molecule has 0 saturated heterocycles. The number of hydrogen-bond donors (Lipinski definition) is 0. The number of sulfonamides is 1. The zero-order valence-corrected chi connectivity index (χ0v) is 19.4. The summed E-state index contributed by atoms with van der Waals surface area (Å²) in [7, 11) is -3.90. The van der Waals surface area contributed by atoms with Crippen LogP contribution >= 0.6 is 0 Å². The molecular weight excluding hydrogens is 428 g/mol. The zero-order valence-electron chi connectivity index (χ0n) is 18.6. The standard InChI is InChI=1S/C28H26N2O2S/c1-21-26(22-13-5-2-6-14-22)25-19-11-12-20-30(25)28(21)27(23-15-7-3-8-16-23)29-33(31,32)24-17-9-4-10-18-24/h3-4,7-13,15-20H,2,5-6,14H2,1H3/b29-27-. The largest absolute Gasteiger partial charge is 0.314 e. The second kappa shape index (κ2) is 8.83. The third-order valence-electron chi connectivity index (χ3n) is 6.22. The molecule has 166 valence electrons. The van der Waals surface area contributed by atoms with Crippen LogP contribution < -0.4 is 0 Å². The molecule has 0 aliphatic heterocycles. The van der Waals surface area contributed by atoms with Gasteiger partial charge in [-0.15, -0.1) is 0 Å². The van der Waals surface area contributed by atoms with Crippen LogP contribution in [0.1, 0.15) is 48.1 Å². The Morgan fingerprint density at radius 1 is 0.879 bits per heavy atom. The van der Waals surface area contributed by atoms with Crippen molar-refractivity contribution in [2.45, 2.75) is 37.5 Å². The molecule has 0 fully saturated rings. The van der Waals surface area contributed by atoms with Crippen molar-refractivity contribution in [3.8, 4) is 0 Å². The molecular formula is C28H26N2O2S. The van der Waals surface area contributed by atoms with Crippen molar-refractivity contribution < 1.29 is 8.42 Å². The Bertz CT molecular complexity index is 1460. The van der Waals surface area contributed by atoms with Gasteiger partial charge in [-0.3, -0.25) is 0 Å². The Hall–Kier alpha value is -3.44. The minimum absolute atomic E-state index is 0.187. The van der Waals surface area contributed by atoms with Gasteiger partial charge in [0, 0.05) is 17.3 Å². The third kappa shape index (κ3) is 4.05. The van der Waals surface area contributed by atoms with Crippen molar-refractivity contribution >= 4 is 26.8 Å². The average molecular weight is 455 g/mol. The third-order valence-corrected chi connectivity index (χ3v) is 7.51. The summed E-state index contributed by atoms with van der Waals surface area (Å²) in [5, 5.41) is 0. The first kappa shape index (κ1) is 21.4. The average Bonchev–Trinajstić information content (AvgIpc) is 3.16. The number of aromatic nitrogens is 1. The fraction of sp³-hybridized carbons (Fsp3) is 0.179. The van der Waals surface area contributed by atoms with Gasteiger partial charge in [-0.25, -0.2) is 0 Å². The van der Waals surface area contributed by atoms with Crippen LogP contribution in [0.5, 0.6) is 0 Å². The second-order valence-corrected chi connectivity index (χ2v) is 9.98. The number of hydrogen-bond acceptors (Lipinski definition) is 2. The normalized spacial score (nSPS) is 14.9. The number of benzene rings is 2. The zero-order chi connectivity index (χ0) is 22.8. The van der Waals surface area contributed by atoms with Gasteiger partial charge in [0.2, 0.25) is 0 Å². The van der Waals surface area contributed by atoms with Crippen LogP contribution in [0, 0.1) is 6.92 Å². The summed E-state index contributed by atoms with van der Waals surface area (Å²) >= 11 is 0. The number of nitrogens with zero attached hydrogens (tertiary/aromatic N) is 2. The summed E-state index contributed by atoms with van der Waals surface area (Å²) in [5.74, 6) is 0. The molecule has 1 aliphatic carbocycles. The first-order valence-corrected chi connectivity index (χ1v) is 12.7. The van der Waals surface area contributed by atoms with Crippen molar-refractivity contribution in [3.63, 3.8) is 0 Å². The van der Waals surface area contributed by atoms with Crippen LogP contribution in [0.15, 0.2) is 100 Å². The molecule has 4 aromatic rings. The second-order valence-electron chi connectivity index (χ2n) is 8.37. The maximum absolute atomic E-state index is 13.3. The first-order chi connectivity index (χ1) is 16.1. The van der Waals surface area contributed by atoms with E-state index in [1.807, 2.05) is 48.7 Å². The molecule has 0 saturated carbocycles. The molecule has 0 radical (unpaired) electrons. The number of pyridine rings is 1. The van der Waals surface area contributed by atoms with Gasteiger partial charge in [0.1, 0.15) is 5.71 Å². The molecule has 5 rings (SSSR count). The fourth-order valence-corrected chi connectivity index (χ4v) is 5.73. The predicted molar refractivity (Wildman–Crippen MR) is 134 cm³/mol. The van der Waals surface area contributed by atoms with Crippen molar-refractivity contribution in [1.29, 1.82) is 0 Å². The highest BCUT2D eigenvalue weighted by Crippen LogP contribution is 2.36. The molecule has 0 unspecified atom stereocenters. The van der Waals surface area contributed by atoms with E-state index in [4.69, 9.17) is 0 Å². The van der Waals surface area contributed by atoms with E-state index in [1.165, 1.54) is 24.0 Å². The highest BCUT2D eigenvalue weighted by atomic mass is 32.2. The summed E-state index contributed by atoms with van der Waals surface area (Å²) < 4.78 is 33.2. The lowest BCUT2D eigenvalue weighted by Gasteiger charge is -2.13. The van der Waals surface area contributed by atoms with Crippen LogP contribution in [-0.4, -0.2) is 18.5 Å². The van der Waals surface area contributed by atoms with Gasteiger partial charge in [0.05, 0.1) is 16.1 Å². The van der Waals surface area contributed by atoms with E-state index in [2.05, 4.69) is 27.9 Å². The molecule has 2 aromatic heterocycles. The van der Waals surface area contributed by atoms with Gasteiger partial charge in [0.15, 0.2) is 0 Å². The quantitative estimate of drug-likeness (QED) is 0.326. The summed E-state index contributed by atoms with van der Waals surface area (Å²) in [5.41, 5.74) is 6.73. The maximum Gasteiger partial charge on any atom is 0.282 e. The van der Waals surface area contributed by atoms with E-state index >= 15 is 0 Å². The van der Waals surface area contributed by atoms with Gasteiger partial charge in [-0.1, -0.05) is 60.7 Å². The Kier molecular flexibility index (Phi) is 5.73. The maximum atomic E-state index is 13.3. The Labute approximate surface area is 195 Å². The minimum atomic E-state index is -3.90. The molecule has 2 aromatic carbocycles. The topological polar surface area (TPSA) is 50.9 Å². The van der Waals surface area contributed by atoms with Crippen LogP contribution in [-0.2, 0) is 10.0 Å². The molecule has 4 nitrogen and oxygen atoms in total. The van der Waals surface area contributed by atoms with E-state index in [9.17, 15) is 8.42 Å².